The number of benzene rings is 2. The molecule has 0 heterocycles. The lowest BCUT2D eigenvalue weighted by Gasteiger charge is -2.14. The Morgan fingerprint density at radius 3 is 2.55 bits per heavy atom. The van der Waals surface area contributed by atoms with Gasteiger partial charge in [0.25, 0.3) is 0 Å². The first kappa shape index (κ1) is 14.2. The van der Waals surface area contributed by atoms with E-state index in [1.165, 1.54) is 0 Å². The van der Waals surface area contributed by atoms with Crippen molar-refractivity contribution in [2.45, 2.75) is 6.10 Å². The lowest BCUT2D eigenvalue weighted by Crippen LogP contribution is -2.26. The fourth-order valence-electron chi connectivity index (χ4n) is 1.73. The van der Waals surface area contributed by atoms with E-state index >= 15 is 0 Å². The van der Waals surface area contributed by atoms with Gasteiger partial charge in [0.15, 0.2) is 0 Å². The molecule has 0 aromatic heterocycles. The summed E-state index contributed by atoms with van der Waals surface area (Å²) in [5.74, 6) is 1.42. The number of anilines is 1. The van der Waals surface area contributed by atoms with Crippen molar-refractivity contribution >= 4 is 5.69 Å². The molecule has 0 aliphatic rings. The number of ether oxygens (including phenoxy) is 2. The van der Waals surface area contributed by atoms with Gasteiger partial charge in [-0.15, -0.1) is 0 Å². The summed E-state index contributed by atoms with van der Waals surface area (Å²) in [5.41, 5.74) is 0.980. The molecular weight excluding hydrogens is 254 g/mol. The van der Waals surface area contributed by atoms with E-state index < -0.39 is 6.10 Å². The predicted octanol–water partition coefficient (Wildman–Crippen LogP) is 2.55. The van der Waals surface area contributed by atoms with Crippen LogP contribution in [-0.2, 0) is 0 Å². The maximum Gasteiger partial charge on any atom is 0.123 e. The Balaban J connectivity index is 1.75. The predicted molar refractivity (Wildman–Crippen MR) is 79.4 cm³/mol. The van der Waals surface area contributed by atoms with Gasteiger partial charge in [0.05, 0.1) is 7.11 Å². The minimum absolute atomic E-state index is 0.229. The van der Waals surface area contributed by atoms with Crippen LogP contribution in [0, 0.1) is 0 Å². The number of methoxy groups -OCH3 is 1. The molecule has 1 atom stereocenters. The molecule has 2 N–H and O–H groups in total. The topological polar surface area (TPSA) is 50.7 Å². The van der Waals surface area contributed by atoms with Crippen LogP contribution >= 0.6 is 0 Å². The number of aliphatic hydroxyl groups excluding tert-OH is 1. The van der Waals surface area contributed by atoms with E-state index in [1.807, 2.05) is 48.5 Å². The smallest absolute Gasteiger partial charge is 0.123 e. The molecule has 0 radical (unpaired) electrons. The van der Waals surface area contributed by atoms with Crippen LogP contribution in [0.15, 0.2) is 54.6 Å². The highest BCUT2D eigenvalue weighted by molar-refractivity contribution is 5.42. The number of para-hydroxylation sites is 1. The Bertz CT molecular complexity index is 516. The van der Waals surface area contributed by atoms with E-state index in [2.05, 4.69) is 5.32 Å². The molecule has 1 unspecified atom stereocenters. The van der Waals surface area contributed by atoms with Crippen molar-refractivity contribution in [3.8, 4) is 11.5 Å². The zero-order valence-electron chi connectivity index (χ0n) is 11.5. The van der Waals surface area contributed by atoms with Crippen molar-refractivity contribution in [3.63, 3.8) is 0 Å². The molecule has 0 saturated carbocycles. The number of hydrogen-bond acceptors (Lipinski definition) is 4. The Labute approximate surface area is 119 Å². The second-order valence-corrected chi connectivity index (χ2v) is 4.39. The third kappa shape index (κ3) is 4.48. The van der Waals surface area contributed by atoms with Crippen LogP contribution in [0.3, 0.4) is 0 Å². The zero-order chi connectivity index (χ0) is 14.2. The number of rotatable bonds is 7. The third-order valence-electron chi connectivity index (χ3n) is 2.80. The summed E-state index contributed by atoms with van der Waals surface area (Å²) in [5, 5.41) is 13.0. The van der Waals surface area contributed by atoms with Gasteiger partial charge in [-0.05, 0) is 24.3 Å². The third-order valence-corrected chi connectivity index (χ3v) is 2.80. The van der Waals surface area contributed by atoms with Crippen molar-refractivity contribution in [1.82, 2.24) is 0 Å². The van der Waals surface area contributed by atoms with Gasteiger partial charge in [0, 0.05) is 18.3 Å². The minimum atomic E-state index is -0.582. The molecule has 0 aliphatic heterocycles. The van der Waals surface area contributed by atoms with Crippen LogP contribution in [0.25, 0.3) is 0 Å². The van der Waals surface area contributed by atoms with E-state index in [9.17, 15) is 5.11 Å². The SMILES string of the molecule is COc1cccc(OCC(O)CNc2ccccc2)c1. The van der Waals surface area contributed by atoms with Gasteiger partial charge in [-0.1, -0.05) is 24.3 Å². The van der Waals surface area contributed by atoms with Crippen LogP contribution in [0.4, 0.5) is 5.69 Å². The lowest BCUT2D eigenvalue weighted by molar-refractivity contribution is 0.117. The fourth-order valence-corrected chi connectivity index (χ4v) is 1.73. The van der Waals surface area contributed by atoms with Gasteiger partial charge in [0.1, 0.15) is 24.2 Å². The molecule has 0 amide bonds. The summed E-state index contributed by atoms with van der Waals surface area (Å²) in [6.07, 6.45) is -0.582. The quantitative estimate of drug-likeness (QED) is 0.814. The molecule has 2 aromatic rings. The van der Waals surface area contributed by atoms with Crippen molar-refractivity contribution in [2.75, 3.05) is 25.6 Å². The second kappa shape index (κ2) is 7.40. The van der Waals surface area contributed by atoms with Crippen LogP contribution < -0.4 is 14.8 Å². The standard InChI is InChI=1S/C16H19NO3/c1-19-15-8-5-9-16(10-15)20-12-14(18)11-17-13-6-3-2-4-7-13/h2-10,14,17-18H,11-12H2,1H3. The molecule has 2 aromatic carbocycles. The molecule has 4 heteroatoms. The van der Waals surface area contributed by atoms with Crippen molar-refractivity contribution in [1.29, 1.82) is 0 Å². The summed E-state index contributed by atoms with van der Waals surface area (Å²) in [6, 6.07) is 17.1. The van der Waals surface area contributed by atoms with E-state index in [-0.39, 0.29) is 6.61 Å². The van der Waals surface area contributed by atoms with Crippen molar-refractivity contribution in [2.24, 2.45) is 0 Å². The van der Waals surface area contributed by atoms with Gasteiger partial charge in [-0.25, -0.2) is 0 Å². The van der Waals surface area contributed by atoms with E-state index in [4.69, 9.17) is 9.47 Å². The van der Waals surface area contributed by atoms with Crippen molar-refractivity contribution < 1.29 is 14.6 Å². The first-order valence-electron chi connectivity index (χ1n) is 6.52. The summed E-state index contributed by atoms with van der Waals surface area (Å²) in [7, 11) is 1.61. The molecular formula is C16H19NO3. The molecule has 20 heavy (non-hydrogen) atoms. The normalized spacial score (nSPS) is 11.7. The average molecular weight is 273 g/mol. The average Bonchev–Trinajstić information content (AvgIpc) is 2.52. The van der Waals surface area contributed by atoms with Crippen LogP contribution in [0.5, 0.6) is 11.5 Å². The number of hydrogen-bond donors (Lipinski definition) is 2. The summed E-state index contributed by atoms with van der Waals surface area (Å²) in [6.45, 7) is 0.668. The highest BCUT2D eigenvalue weighted by atomic mass is 16.5. The first-order chi connectivity index (χ1) is 9.78. The summed E-state index contributed by atoms with van der Waals surface area (Å²) in [4.78, 5) is 0. The Kier molecular flexibility index (Phi) is 5.26. The van der Waals surface area contributed by atoms with Gasteiger partial charge >= 0.3 is 0 Å². The summed E-state index contributed by atoms with van der Waals surface area (Å²) < 4.78 is 10.6. The minimum Gasteiger partial charge on any atom is -0.497 e. The van der Waals surface area contributed by atoms with Gasteiger partial charge in [-0.2, -0.15) is 0 Å². The molecule has 0 bridgehead atoms. The molecule has 0 aliphatic carbocycles. The Morgan fingerprint density at radius 2 is 1.80 bits per heavy atom. The first-order valence-corrected chi connectivity index (χ1v) is 6.52. The van der Waals surface area contributed by atoms with Crippen LogP contribution in [-0.4, -0.2) is 31.5 Å². The van der Waals surface area contributed by atoms with Crippen LogP contribution in [0.2, 0.25) is 0 Å². The molecule has 0 fully saturated rings. The largest absolute Gasteiger partial charge is 0.497 e. The highest BCUT2D eigenvalue weighted by Gasteiger charge is 2.05. The molecule has 106 valence electrons. The number of nitrogens with one attached hydrogen (secondary N) is 1. The lowest BCUT2D eigenvalue weighted by atomic mass is 10.3. The molecule has 2 rings (SSSR count). The number of aliphatic hydroxyl groups is 1. The maximum absolute atomic E-state index is 9.88. The maximum atomic E-state index is 9.88. The Morgan fingerprint density at radius 1 is 1.05 bits per heavy atom. The van der Waals surface area contributed by atoms with E-state index in [1.54, 1.807) is 13.2 Å². The fraction of sp³-hybridized carbons (Fsp3) is 0.250. The van der Waals surface area contributed by atoms with E-state index in [0.29, 0.717) is 12.3 Å². The zero-order valence-corrected chi connectivity index (χ0v) is 11.5. The second-order valence-electron chi connectivity index (χ2n) is 4.39. The molecule has 0 saturated heterocycles. The van der Waals surface area contributed by atoms with E-state index in [0.717, 1.165) is 11.4 Å². The Hall–Kier alpha value is -2.20. The molecule has 4 nitrogen and oxygen atoms in total. The monoisotopic (exact) mass is 273 g/mol. The molecule has 0 spiro atoms. The highest BCUT2D eigenvalue weighted by Crippen LogP contribution is 2.18. The van der Waals surface area contributed by atoms with Gasteiger partial charge < -0.3 is 19.9 Å². The van der Waals surface area contributed by atoms with Crippen LogP contribution in [0.1, 0.15) is 0 Å². The summed E-state index contributed by atoms with van der Waals surface area (Å²) >= 11 is 0. The van der Waals surface area contributed by atoms with Crippen molar-refractivity contribution in [3.05, 3.63) is 54.6 Å². The van der Waals surface area contributed by atoms with Gasteiger partial charge in [-0.3, -0.25) is 0 Å². The van der Waals surface area contributed by atoms with Gasteiger partial charge in [0.2, 0.25) is 0 Å².